The van der Waals surface area contributed by atoms with Gasteiger partial charge in [0.15, 0.2) is 0 Å². The molecule has 0 atom stereocenters. The molecule has 2 aliphatic rings. The van der Waals surface area contributed by atoms with Gasteiger partial charge in [-0.1, -0.05) is 0 Å². The van der Waals surface area contributed by atoms with Crippen LogP contribution < -0.4 is 4.90 Å². The number of nitro groups is 1. The molecule has 0 aromatic heterocycles. The van der Waals surface area contributed by atoms with Gasteiger partial charge in [-0.25, -0.2) is 0 Å². The molecule has 90 valence electrons. The predicted octanol–water partition coefficient (Wildman–Crippen LogP) is 2.98. The number of nitrogens with zero attached hydrogens (tertiary/aromatic N) is 2. The Morgan fingerprint density at radius 1 is 1.18 bits per heavy atom. The molecule has 1 saturated carbocycles. The molecule has 4 heteroatoms. The van der Waals surface area contributed by atoms with Crippen LogP contribution in [-0.2, 0) is 0 Å². The van der Waals surface area contributed by atoms with Gasteiger partial charge in [0.25, 0.3) is 5.69 Å². The van der Waals surface area contributed by atoms with E-state index in [1.54, 1.807) is 12.1 Å². The van der Waals surface area contributed by atoms with Gasteiger partial charge in [0.2, 0.25) is 0 Å². The summed E-state index contributed by atoms with van der Waals surface area (Å²) in [5.41, 5.74) is 1.88. The maximum atomic E-state index is 10.6. The molecule has 0 amide bonds. The fraction of sp³-hybridized carbons (Fsp3) is 0.538. The van der Waals surface area contributed by atoms with Crippen LogP contribution in [0, 0.1) is 15.5 Å². The molecule has 3 rings (SSSR count). The summed E-state index contributed by atoms with van der Waals surface area (Å²) in [5.74, 6) is 0. The van der Waals surface area contributed by atoms with Crippen molar-refractivity contribution in [2.75, 3.05) is 18.0 Å². The average molecular weight is 232 g/mol. The Bertz CT molecular complexity index is 437. The topological polar surface area (TPSA) is 46.4 Å². The van der Waals surface area contributed by atoms with E-state index in [1.165, 1.54) is 25.7 Å². The van der Waals surface area contributed by atoms with E-state index in [9.17, 15) is 10.1 Å². The lowest BCUT2D eigenvalue weighted by molar-refractivity contribution is -0.384. The third-order valence-corrected chi connectivity index (χ3v) is 4.04. The zero-order chi connectivity index (χ0) is 11.9. The molecule has 2 fully saturated rings. The van der Waals surface area contributed by atoms with Crippen LogP contribution in [0.15, 0.2) is 24.3 Å². The molecular formula is C13H16N2O2. The van der Waals surface area contributed by atoms with Gasteiger partial charge in [0, 0.05) is 30.9 Å². The van der Waals surface area contributed by atoms with E-state index < -0.39 is 0 Å². The largest absolute Gasteiger partial charge is 0.371 e. The second-order valence-electron chi connectivity index (χ2n) is 5.30. The lowest BCUT2D eigenvalue weighted by atomic mass is 9.94. The Balaban J connectivity index is 1.77. The van der Waals surface area contributed by atoms with E-state index >= 15 is 0 Å². The minimum Gasteiger partial charge on any atom is -0.371 e. The highest BCUT2D eigenvalue weighted by Gasteiger charge is 2.45. The van der Waals surface area contributed by atoms with E-state index in [2.05, 4.69) is 4.90 Å². The normalized spacial score (nSPS) is 21.5. The quantitative estimate of drug-likeness (QED) is 0.581. The Kier molecular flexibility index (Phi) is 2.31. The van der Waals surface area contributed by atoms with Crippen LogP contribution in [-0.4, -0.2) is 18.0 Å². The molecule has 1 aromatic rings. The number of piperidine rings is 1. The molecule has 1 heterocycles. The number of anilines is 1. The van der Waals surface area contributed by atoms with Crippen molar-refractivity contribution in [3.05, 3.63) is 34.4 Å². The standard InChI is InChI=1S/C13H16N2O2/c16-15(17)12-4-2-11(3-5-12)14-9-1-6-13(10-14)7-8-13/h2-5H,1,6-10H2. The number of nitro benzene ring substituents is 1. The molecule has 1 aliphatic heterocycles. The molecule has 4 nitrogen and oxygen atoms in total. The van der Waals surface area contributed by atoms with E-state index in [1.807, 2.05) is 12.1 Å². The van der Waals surface area contributed by atoms with Crippen LogP contribution in [0.4, 0.5) is 11.4 Å². The fourth-order valence-corrected chi connectivity index (χ4v) is 2.80. The van der Waals surface area contributed by atoms with Crippen LogP contribution >= 0.6 is 0 Å². The molecule has 0 bridgehead atoms. The van der Waals surface area contributed by atoms with Crippen molar-refractivity contribution in [3.63, 3.8) is 0 Å². The SMILES string of the molecule is O=[N+]([O-])c1ccc(N2CCCC3(CC3)C2)cc1. The smallest absolute Gasteiger partial charge is 0.269 e. The summed E-state index contributed by atoms with van der Waals surface area (Å²) in [6.45, 7) is 2.21. The van der Waals surface area contributed by atoms with Gasteiger partial charge < -0.3 is 4.90 Å². The van der Waals surface area contributed by atoms with Gasteiger partial charge in [-0.2, -0.15) is 0 Å². The van der Waals surface area contributed by atoms with E-state index in [0.717, 1.165) is 18.8 Å². The molecular weight excluding hydrogens is 216 g/mol. The lowest BCUT2D eigenvalue weighted by Gasteiger charge is -2.34. The van der Waals surface area contributed by atoms with Crippen LogP contribution in [0.5, 0.6) is 0 Å². The highest BCUT2D eigenvalue weighted by atomic mass is 16.6. The maximum absolute atomic E-state index is 10.6. The molecule has 1 aliphatic carbocycles. The zero-order valence-corrected chi connectivity index (χ0v) is 9.76. The first-order valence-corrected chi connectivity index (χ1v) is 6.18. The number of hydrogen-bond acceptors (Lipinski definition) is 3. The van der Waals surface area contributed by atoms with Gasteiger partial charge in [-0.05, 0) is 43.2 Å². The first kappa shape index (κ1) is 10.6. The summed E-state index contributed by atoms with van der Waals surface area (Å²) >= 11 is 0. The third kappa shape index (κ3) is 1.99. The third-order valence-electron chi connectivity index (χ3n) is 4.04. The van der Waals surface area contributed by atoms with Gasteiger partial charge in [0.1, 0.15) is 0 Å². The van der Waals surface area contributed by atoms with Gasteiger partial charge in [-0.3, -0.25) is 10.1 Å². The van der Waals surface area contributed by atoms with E-state index in [-0.39, 0.29) is 10.6 Å². The van der Waals surface area contributed by atoms with E-state index in [4.69, 9.17) is 0 Å². The van der Waals surface area contributed by atoms with Crippen molar-refractivity contribution in [2.45, 2.75) is 25.7 Å². The fourth-order valence-electron chi connectivity index (χ4n) is 2.80. The van der Waals surface area contributed by atoms with Crippen molar-refractivity contribution < 1.29 is 4.92 Å². The van der Waals surface area contributed by atoms with Gasteiger partial charge in [-0.15, -0.1) is 0 Å². The van der Waals surface area contributed by atoms with Gasteiger partial charge >= 0.3 is 0 Å². The minimum absolute atomic E-state index is 0.173. The second-order valence-corrected chi connectivity index (χ2v) is 5.30. The highest BCUT2D eigenvalue weighted by Crippen LogP contribution is 2.52. The Morgan fingerprint density at radius 3 is 2.47 bits per heavy atom. The number of non-ortho nitro benzene ring substituents is 1. The van der Waals surface area contributed by atoms with Crippen LogP contribution in [0.2, 0.25) is 0 Å². The summed E-state index contributed by atoms with van der Waals surface area (Å²) in [7, 11) is 0. The van der Waals surface area contributed by atoms with E-state index in [0.29, 0.717) is 5.41 Å². The molecule has 1 aromatic carbocycles. The lowest BCUT2D eigenvalue weighted by Crippen LogP contribution is -2.36. The van der Waals surface area contributed by atoms with Crippen LogP contribution in [0.1, 0.15) is 25.7 Å². The summed E-state index contributed by atoms with van der Waals surface area (Å²) < 4.78 is 0. The summed E-state index contributed by atoms with van der Waals surface area (Å²) in [6.07, 6.45) is 5.32. The molecule has 0 N–H and O–H groups in total. The summed E-state index contributed by atoms with van der Waals surface area (Å²) in [4.78, 5) is 12.6. The van der Waals surface area contributed by atoms with Crippen LogP contribution in [0.3, 0.4) is 0 Å². The average Bonchev–Trinajstić information content (AvgIpc) is 3.08. The molecule has 0 unspecified atom stereocenters. The van der Waals surface area contributed by atoms with Crippen LogP contribution in [0.25, 0.3) is 0 Å². The second kappa shape index (κ2) is 3.72. The monoisotopic (exact) mass is 232 g/mol. The maximum Gasteiger partial charge on any atom is 0.269 e. The Hall–Kier alpha value is -1.58. The summed E-state index contributed by atoms with van der Waals surface area (Å²) in [5, 5.41) is 10.6. The highest BCUT2D eigenvalue weighted by molar-refractivity contribution is 5.51. The minimum atomic E-state index is -0.345. The van der Waals surface area contributed by atoms with Gasteiger partial charge in [0.05, 0.1) is 4.92 Å². The Morgan fingerprint density at radius 2 is 1.88 bits per heavy atom. The zero-order valence-electron chi connectivity index (χ0n) is 9.76. The van der Waals surface area contributed by atoms with Crippen molar-refractivity contribution in [2.24, 2.45) is 5.41 Å². The number of rotatable bonds is 2. The molecule has 0 radical (unpaired) electrons. The van der Waals surface area contributed by atoms with Crippen molar-refractivity contribution in [3.8, 4) is 0 Å². The molecule has 17 heavy (non-hydrogen) atoms. The first-order chi connectivity index (χ1) is 8.19. The van der Waals surface area contributed by atoms with Crippen molar-refractivity contribution in [1.82, 2.24) is 0 Å². The van der Waals surface area contributed by atoms with Crippen molar-refractivity contribution in [1.29, 1.82) is 0 Å². The Labute approximate surface area is 100 Å². The van der Waals surface area contributed by atoms with Crippen molar-refractivity contribution >= 4 is 11.4 Å². The number of benzene rings is 1. The number of hydrogen-bond donors (Lipinski definition) is 0. The summed E-state index contributed by atoms with van der Waals surface area (Å²) in [6, 6.07) is 6.95. The predicted molar refractivity (Wildman–Crippen MR) is 66.2 cm³/mol. The molecule has 1 spiro atoms. The molecule has 1 saturated heterocycles. The first-order valence-electron chi connectivity index (χ1n) is 6.18.